The summed E-state index contributed by atoms with van der Waals surface area (Å²) in [6.07, 6.45) is 8.58. The Labute approximate surface area is 168 Å². The van der Waals surface area contributed by atoms with E-state index >= 15 is 0 Å². The van der Waals surface area contributed by atoms with Crippen LogP contribution in [0.3, 0.4) is 0 Å². The Hall–Kier alpha value is -1.95. The van der Waals surface area contributed by atoms with Crippen LogP contribution in [0.2, 0.25) is 0 Å². The quantitative estimate of drug-likeness (QED) is 0.489. The summed E-state index contributed by atoms with van der Waals surface area (Å²) in [5.74, 6) is 1.11. The average Bonchev–Trinajstić information content (AvgIpc) is 2.73. The van der Waals surface area contributed by atoms with E-state index in [2.05, 4.69) is 15.2 Å². The van der Waals surface area contributed by atoms with Crippen LogP contribution in [0.1, 0.15) is 74.8 Å². The van der Waals surface area contributed by atoms with Gasteiger partial charge in [0.2, 0.25) is 0 Å². The summed E-state index contributed by atoms with van der Waals surface area (Å²) < 4.78 is 0. The molecular weight excluding hydrogens is 352 g/mol. The van der Waals surface area contributed by atoms with Gasteiger partial charge in [-0.2, -0.15) is 0 Å². The maximum absolute atomic E-state index is 11.6. The lowest BCUT2D eigenvalue weighted by molar-refractivity contribution is 0.111. The van der Waals surface area contributed by atoms with Gasteiger partial charge in [0.1, 0.15) is 11.5 Å². The number of aliphatic hydroxyl groups is 1. The predicted octanol–water partition coefficient (Wildman–Crippen LogP) is 3.87. The molecule has 0 amide bonds. The fourth-order valence-electron chi connectivity index (χ4n) is 4.32. The van der Waals surface area contributed by atoms with Crippen LogP contribution in [0, 0.1) is 17.2 Å². The van der Waals surface area contributed by atoms with Crippen molar-refractivity contribution in [3.05, 3.63) is 17.3 Å². The third-order valence-electron chi connectivity index (χ3n) is 6.15. The standard InChI is InChI=1S/C22H34N4O2/c1-15(2)21(23)20-19(26-10-8-16(13-27)9-11-26)12-18(14-28)25-22(20)24-17-6-4-3-5-7-17/h12,14-17,23,27H,3-11,13H2,1-2H3,(H,24,25). The zero-order valence-corrected chi connectivity index (χ0v) is 17.2. The summed E-state index contributed by atoms with van der Waals surface area (Å²) in [6, 6.07) is 2.19. The number of hydrogen-bond acceptors (Lipinski definition) is 6. The molecule has 1 saturated carbocycles. The first-order chi connectivity index (χ1) is 13.5. The molecule has 6 nitrogen and oxygen atoms in total. The zero-order valence-electron chi connectivity index (χ0n) is 17.2. The molecule has 1 aromatic heterocycles. The first-order valence-electron chi connectivity index (χ1n) is 10.7. The van der Waals surface area contributed by atoms with Crippen LogP contribution >= 0.6 is 0 Å². The molecule has 3 rings (SSSR count). The molecule has 1 aromatic rings. The van der Waals surface area contributed by atoms with E-state index in [4.69, 9.17) is 5.41 Å². The molecule has 1 aliphatic carbocycles. The highest BCUT2D eigenvalue weighted by Gasteiger charge is 2.27. The van der Waals surface area contributed by atoms with Crippen molar-refractivity contribution in [1.29, 1.82) is 5.41 Å². The topological polar surface area (TPSA) is 89.3 Å². The lowest BCUT2D eigenvalue weighted by Gasteiger charge is -2.35. The Morgan fingerprint density at radius 3 is 2.54 bits per heavy atom. The molecule has 0 spiro atoms. The van der Waals surface area contributed by atoms with Crippen molar-refractivity contribution in [1.82, 2.24) is 4.98 Å². The van der Waals surface area contributed by atoms with Crippen LogP contribution in [0.15, 0.2) is 6.07 Å². The van der Waals surface area contributed by atoms with E-state index in [1.807, 2.05) is 19.9 Å². The molecule has 0 radical (unpaired) electrons. The van der Waals surface area contributed by atoms with Gasteiger partial charge in [0, 0.05) is 31.4 Å². The van der Waals surface area contributed by atoms with Gasteiger partial charge in [0.05, 0.1) is 11.3 Å². The molecule has 1 saturated heterocycles. The second kappa shape index (κ2) is 9.50. The second-order valence-corrected chi connectivity index (χ2v) is 8.57. The maximum Gasteiger partial charge on any atom is 0.168 e. The van der Waals surface area contributed by atoms with Crippen LogP contribution in [0.25, 0.3) is 0 Å². The summed E-state index contributed by atoms with van der Waals surface area (Å²) in [4.78, 5) is 18.5. The number of hydrogen-bond donors (Lipinski definition) is 3. The molecule has 3 N–H and O–H groups in total. The Morgan fingerprint density at radius 1 is 1.29 bits per heavy atom. The van der Waals surface area contributed by atoms with E-state index in [1.165, 1.54) is 19.3 Å². The molecule has 2 heterocycles. The number of carbonyl (C=O) groups is 1. The molecular formula is C22H34N4O2. The van der Waals surface area contributed by atoms with Crippen molar-refractivity contribution in [3.63, 3.8) is 0 Å². The first kappa shape index (κ1) is 20.8. The second-order valence-electron chi connectivity index (χ2n) is 8.57. The van der Waals surface area contributed by atoms with Crippen molar-refractivity contribution in [2.75, 3.05) is 29.9 Å². The third-order valence-corrected chi connectivity index (χ3v) is 6.15. The number of rotatable bonds is 7. The van der Waals surface area contributed by atoms with Crippen LogP contribution < -0.4 is 10.2 Å². The van der Waals surface area contributed by atoms with Crippen molar-refractivity contribution < 1.29 is 9.90 Å². The molecule has 0 bridgehead atoms. The summed E-state index contributed by atoms with van der Waals surface area (Å²) in [7, 11) is 0. The fourth-order valence-corrected chi connectivity index (χ4v) is 4.32. The number of nitrogens with zero attached hydrogens (tertiary/aromatic N) is 2. The van der Waals surface area contributed by atoms with Crippen LogP contribution in [-0.4, -0.2) is 47.8 Å². The minimum Gasteiger partial charge on any atom is -0.396 e. The Bertz CT molecular complexity index is 690. The molecule has 1 aliphatic heterocycles. The van der Waals surface area contributed by atoms with Crippen LogP contribution in [0.4, 0.5) is 11.5 Å². The highest BCUT2D eigenvalue weighted by molar-refractivity contribution is 6.09. The third kappa shape index (κ3) is 4.72. The summed E-state index contributed by atoms with van der Waals surface area (Å²) in [6.45, 7) is 5.95. The summed E-state index contributed by atoms with van der Waals surface area (Å²) in [5, 5.41) is 21.8. The van der Waals surface area contributed by atoms with Crippen molar-refractivity contribution in [3.8, 4) is 0 Å². The first-order valence-corrected chi connectivity index (χ1v) is 10.7. The van der Waals surface area contributed by atoms with E-state index in [9.17, 15) is 9.90 Å². The molecule has 28 heavy (non-hydrogen) atoms. The van der Waals surface area contributed by atoms with Gasteiger partial charge in [-0.15, -0.1) is 0 Å². The predicted molar refractivity (Wildman–Crippen MR) is 114 cm³/mol. The number of aromatic nitrogens is 1. The number of carbonyl (C=O) groups excluding carboxylic acids is 1. The van der Waals surface area contributed by atoms with E-state index in [0.29, 0.717) is 29.2 Å². The van der Waals surface area contributed by atoms with E-state index in [0.717, 1.165) is 56.3 Å². The minimum atomic E-state index is 0.0736. The molecule has 0 aromatic carbocycles. The van der Waals surface area contributed by atoms with Gasteiger partial charge in [-0.25, -0.2) is 4.98 Å². The number of aldehydes is 1. The van der Waals surface area contributed by atoms with Crippen LogP contribution in [-0.2, 0) is 0 Å². The largest absolute Gasteiger partial charge is 0.396 e. The lowest BCUT2D eigenvalue weighted by atomic mass is 9.93. The van der Waals surface area contributed by atoms with E-state index in [1.54, 1.807) is 0 Å². The number of pyridine rings is 1. The van der Waals surface area contributed by atoms with E-state index in [-0.39, 0.29) is 12.5 Å². The van der Waals surface area contributed by atoms with Crippen LogP contribution in [0.5, 0.6) is 0 Å². The Kier molecular flexibility index (Phi) is 7.05. The highest BCUT2D eigenvalue weighted by atomic mass is 16.3. The minimum absolute atomic E-state index is 0.0736. The molecule has 2 fully saturated rings. The number of aliphatic hydroxyl groups excluding tert-OH is 1. The number of nitrogens with one attached hydrogen (secondary N) is 2. The van der Waals surface area contributed by atoms with Gasteiger partial charge in [-0.05, 0) is 43.6 Å². The smallest absolute Gasteiger partial charge is 0.168 e. The molecule has 2 aliphatic rings. The van der Waals surface area contributed by atoms with Gasteiger partial charge in [-0.3, -0.25) is 4.79 Å². The molecule has 0 unspecified atom stereocenters. The average molecular weight is 387 g/mol. The van der Waals surface area contributed by atoms with Crippen molar-refractivity contribution in [2.45, 2.75) is 64.8 Å². The van der Waals surface area contributed by atoms with Gasteiger partial charge < -0.3 is 20.7 Å². The molecule has 6 heteroatoms. The zero-order chi connectivity index (χ0) is 20.1. The van der Waals surface area contributed by atoms with Gasteiger partial charge in [0.15, 0.2) is 6.29 Å². The van der Waals surface area contributed by atoms with Gasteiger partial charge in [-0.1, -0.05) is 33.1 Å². The van der Waals surface area contributed by atoms with Gasteiger partial charge in [0.25, 0.3) is 0 Å². The number of piperidine rings is 1. The monoisotopic (exact) mass is 386 g/mol. The maximum atomic E-state index is 11.6. The van der Waals surface area contributed by atoms with Gasteiger partial charge >= 0.3 is 0 Å². The number of anilines is 2. The lowest BCUT2D eigenvalue weighted by Crippen LogP contribution is -2.36. The molecule has 0 atom stereocenters. The summed E-state index contributed by atoms with van der Waals surface area (Å²) >= 11 is 0. The van der Waals surface area contributed by atoms with Crippen molar-refractivity contribution in [2.24, 2.45) is 11.8 Å². The fraction of sp³-hybridized carbons (Fsp3) is 0.682. The Morgan fingerprint density at radius 2 is 1.96 bits per heavy atom. The van der Waals surface area contributed by atoms with Crippen molar-refractivity contribution >= 4 is 23.5 Å². The molecule has 154 valence electrons. The summed E-state index contributed by atoms with van der Waals surface area (Å²) in [5.41, 5.74) is 2.75. The normalized spacial score (nSPS) is 19.1. The van der Waals surface area contributed by atoms with E-state index < -0.39 is 0 Å². The SMILES string of the molecule is CC(C)C(=N)c1c(N2CCC(CO)CC2)cc(C=O)nc1NC1CCCCC1. The highest BCUT2D eigenvalue weighted by Crippen LogP contribution is 2.34. The Balaban J connectivity index is 1.99.